The van der Waals surface area contributed by atoms with Crippen LogP contribution in [0, 0.1) is 0 Å². The van der Waals surface area contributed by atoms with E-state index in [0.717, 1.165) is 11.3 Å². The summed E-state index contributed by atoms with van der Waals surface area (Å²) in [7, 11) is 0. The molecule has 0 spiro atoms. The Hall–Kier alpha value is -3.10. The molecular weight excluding hydrogens is 376 g/mol. The van der Waals surface area contributed by atoms with Crippen LogP contribution in [-0.2, 0) is 20.9 Å². The molecule has 1 atom stereocenters. The molecule has 1 aromatic rings. The molecule has 0 bridgehead atoms. The maximum atomic E-state index is 12.7. The van der Waals surface area contributed by atoms with Crippen LogP contribution in [0.4, 0.5) is 10.5 Å². The van der Waals surface area contributed by atoms with Gasteiger partial charge in [-0.05, 0) is 51.0 Å². The highest BCUT2D eigenvalue weighted by atomic mass is 16.6. The number of benzene rings is 1. The van der Waals surface area contributed by atoms with Gasteiger partial charge in [-0.25, -0.2) is 4.79 Å². The molecule has 1 aromatic carbocycles. The zero-order valence-corrected chi connectivity index (χ0v) is 16.8. The predicted octanol–water partition coefficient (Wildman–Crippen LogP) is 1.38. The number of amides is 4. The minimum atomic E-state index is -0.623. The Morgan fingerprint density at radius 1 is 1.24 bits per heavy atom. The molecule has 2 aliphatic rings. The number of fused-ring (bicyclic) bond motifs is 1. The smallest absolute Gasteiger partial charge is 0.407 e. The van der Waals surface area contributed by atoms with Crippen molar-refractivity contribution in [3.63, 3.8) is 0 Å². The molecular formula is C20H26N4O5. The van der Waals surface area contributed by atoms with Crippen LogP contribution in [0.25, 0.3) is 0 Å². The number of rotatable bonds is 5. The third-order valence-corrected chi connectivity index (χ3v) is 4.65. The minimum absolute atomic E-state index is 0.201. The maximum Gasteiger partial charge on any atom is 0.407 e. The molecule has 0 aliphatic carbocycles. The van der Waals surface area contributed by atoms with Gasteiger partial charge < -0.3 is 20.3 Å². The number of alkyl carbamates (subject to hydrolysis) is 1. The van der Waals surface area contributed by atoms with Gasteiger partial charge in [-0.3, -0.25) is 19.7 Å². The highest BCUT2D eigenvalue weighted by Crippen LogP contribution is 2.29. The Bertz CT molecular complexity index is 846. The molecule has 0 aromatic heterocycles. The molecule has 1 unspecified atom stereocenters. The van der Waals surface area contributed by atoms with E-state index >= 15 is 0 Å². The highest BCUT2D eigenvalue weighted by molar-refractivity contribution is 6.05. The Balaban J connectivity index is 1.54. The van der Waals surface area contributed by atoms with Gasteiger partial charge in [0.25, 0.3) is 5.91 Å². The fourth-order valence-corrected chi connectivity index (χ4v) is 3.37. The van der Waals surface area contributed by atoms with Crippen molar-refractivity contribution < 1.29 is 23.9 Å². The highest BCUT2D eigenvalue weighted by Gasteiger charge is 2.39. The molecule has 3 rings (SSSR count). The number of nitrogens with zero attached hydrogens (tertiary/aromatic N) is 1. The predicted molar refractivity (Wildman–Crippen MR) is 105 cm³/mol. The maximum absolute atomic E-state index is 12.7. The summed E-state index contributed by atoms with van der Waals surface area (Å²) in [6.07, 6.45) is 0.0959. The molecule has 4 amide bonds. The standard InChI is InChI=1S/C20H26N4O5/c1-20(2,3)29-19(28)22-9-8-21-13-4-5-14-12(10-13)11-24(18(14)27)15-6-7-16(25)23-17(15)26/h4-5,10,15,21H,6-9,11H2,1-3H3,(H,22,28)(H,23,25,26). The van der Waals surface area contributed by atoms with E-state index in [9.17, 15) is 19.2 Å². The van der Waals surface area contributed by atoms with E-state index in [1.807, 2.05) is 6.07 Å². The van der Waals surface area contributed by atoms with Crippen LogP contribution in [0.3, 0.4) is 0 Å². The minimum Gasteiger partial charge on any atom is -0.444 e. The van der Waals surface area contributed by atoms with Crippen molar-refractivity contribution in [1.29, 1.82) is 0 Å². The second kappa shape index (κ2) is 8.10. The molecule has 29 heavy (non-hydrogen) atoms. The molecule has 9 nitrogen and oxygen atoms in total. The number of hydrogen-bond acceptors (Lipinski definition) is 6. The lowest BCUT2D eigenvalue weighted by Gasteiger charge is -2.29. The van der Waals surface area contributed by atoms with Crippen LogP contribution in [0.2, 0.25) is 0 Å². The SMILES string of the molecule is CC(C)(C)OC(=O)NCCNc1ccc2c(c1)CN(C1CCC(=O)NC1=O)C2=O. The van der Waals surface area contributed by atoms with Gasteiger partial charge in [0, 0.05) is 37.3 Å². The quantitative estimate of drug-likeness (QED) is 0.506. The number of carbonyl (C=O) groups is 4. The van der Waals surface area contributed by atoms with Crippen molar-refractivity contribution in [1.82, 2.24) is 15.5 Å². The zero-order valence-electron chi connectivity index (χ0n) is 16.8. The van der Waals surface area contributed by atoms with Gasteiger partial charge >= 0.3 is 6.09 Å². The Morgan fingerprint density at radius 3 is 2.69 bits per heavy atom. The van der Waals surface area contributed by atoms with Crippen LogP contribution < -0.4 is 16.0 Å². The summed E-state index contributed by atoms with van der Waals surface area (Å²) in [6, 6.07) is 4.76. The average molecular weight is 402 g/mol. The topological polar surface area (TPSA) is 117 Å². The van der Waals surface area contributed by atoms with Gasteiger partial charge in [0.2, 0.25) is 11.8 Å². The van der Waals surface area contributed by atoms with E-state index in [4.69, 9.17) is 4.74 Å². The van der Waals surface area contributed by atoms with Crippen LogP contribution in [0.15, 0.2) is 18.2 Å². The number of hydrogen-bond donors (Lipinski definition) is 3. The first-order valence-corrected chi connectivity index (χ1v) is 9.62. The molecule has 0 saturated carbocycles. The summed E-state index contributed by atoms with van der Waals surface area (Å²) < 4.78 is 5.17. The molecule has 0 radical (unpaired) electrons. The average Bonchev–Trinajstić information content (AvgIpc) is 2.93. The molecule has 2 heterocycles. The lowest BCUT2D eigenvalue weighted by Crippen LogP contribution is -2.52. The van der Waals surface area contributed by atoms with Crippen LogP contribution in [0.5, 0.6) is 0 Å². The van der Waals surface area contributed by atoms with Crippen molar-refractivity contribution in [2.45, 2.75) is 51.8 Å². The van der Waals surface area contributed by atoms with Crippen molar-refractivity contribution in [2.24, 2.45) is 0 Å². The van der Waals surface area contributed by atoms with Gasteiger partial charge in [-0.15, -0.1) is 0 Å². The molecule has 1 saturated heterocycles. The van der Waals surface area contributed by atoms with E-state index in [0.29, 0.717) is 31.6 Å². The summed E-state index contributed by atoms with van der Waals surface area (Å²) in [5, 5.41) is 8.16. The lowest BCUT2D eigenvalue weighted by molar-refractivity contribution is -0.136. The van der Waals surface area contributed by atoms with Crippen LogP contribution in [0.1, 0.15) is 49.5 Å². The summed E-state index contributed by atoms with van der Waals surface area (Å²) in [5.74, 6) is -0.927. The third kappa shape index (κ3) is 5.04. The molecule has 3 N–H and O–H groups in total. The number of carbonyl (C=O) groups excluding carboxylic acids is 4. The molecule has 1 fully saturated rings. The second-order valence-electron chi connectivity index (χ2n) is 8.13. The van der Waals surface area contributed by atoms with Crippen molar-refractivity contribution in [2.75, 3.05) is 18.4 Å². The summed E-state index contributed by atoms with van der Waals surface area (Å²) in [6.45, 7) is 6.60. The van der Waals surface area contributed by atoms with E-state index in [-0.39, 0.29) is 18.2 Å². The lowest BCUT2D eigenvalue weighted by atomic mass is 10.0. The number of imide groups is 1. The van der Waals surface area contributed by atoms with Gasteiger partial charge in [-0.2, -0.15) is 0 Å². The largest absolute Gasteiger partial charge is 0.444 e. The summed E-state index contributed by atoms with van der Waals surface area (Å²) in [4.78, 5) is 49.2. The van der Waals surface area contributed by atoms with Gasteiger partial charge in [0.15, 0.2) is 0 Å². The Labute approximate surface area is 169 Å². The Kier molecular flexibility index (Phi) is 5.76. The first-order chi connectivity index (χ1) is 13.6. The van der Waals surface area contributed by atoms with Gasteiger partial charge in [-0.1, -0.05) is 0 Å². The molecule has 9 heteroatoms. The zero-order chi connectivity index (χ0) is 21.2. The summed E-state index contributed by atoms with van der Waals surface area (Å²) in [5.41, 5.74) is 1.66. The Morgan fingerprint density at radius 2 is 2.00 bits per heavy atom. The van der Waals surface area contributed by atoms with Crippen LogP contribution in [-0.4, -0.2) is 53.4 Å². The number of piperidine rings is 1. The second-order valence-corrected chi connectivity index (χ2v) is 8.13. The van der Waals surface area contributed by atoms with Gasteiger partial charge in [0.05, 0.1) is 0 Å². The fraction of sp³-hybridized carbons (Fsp3) is 0.500. The van der Waals surface area contributed by atoms with Crippen molar-refractivity contribution >= 4 is 29.5 Å². The fourth-order valence-electron chi connectivity index (χ4n) is 3.37. The molecule has 156 valence electrons. The van der Waals surface area contributed by atoms with E-state index in [2.05, 4.69) is 16.0 Å². The number of anilines is 1. The van der Waals surface area contributed by atoms with E-state index < -0.39 is 23.6 Å². The van der Waals surface area contributed by atoms with Crippen LogP contribution >= 0.6 is 0 Å². The first kappa shape index (κ1) is 20.6. The first-order valence-electron chi connectivity index (χ1n) is 9.62. The third-order valence-electron chi connectivity index (χ3n) is 4.65. The molecule has 2 aliphatic heterocycles. The number of ether oxygens (including phenoxy) is 1. The summed E-state index contributed by atoms with van der Waals surface area (Å²) >= 11 is 0. The monoisotopic (exact) mass is 402 g/mol. The van der Waals surface area contributed by atoms with Crippen molar-refractivity contribution in [3.8, 4) is 0 Å². The van der Waals surface area contributed by atoms with E-state index in [1.54, 1.807) is 32.9 Å². The van der Waals surface area contributed by atoms with E-state index in [1.165, 1.54) is 4.90 Å². The normalized spacial score (nSPS) is 18.9. The van der Waals surface area contributed by atoms with Crippen molar-refractivity contribution in [3.05, 3.63) is 29.3 Å². The number of nitrogens with one attached hydrogen (secondary N) is 3. The van der Waals surface area contributed by atoms with Gasteiger partial charge in [0.1, 0.15) is 11.6 Å².